The summed E-state index contributed by atoms with van der Waals surface area (Å²) < 4.78 is 0. The van der Waals surface area contributed by atoms with Crippen LogP contribution in [0.15, 0.2) is 72.2 Å². The molecule has 1 amide bonds. The van der Waals surface area contributed by atoms with Gasteiger partial charge in [-0.15, -0.1) is 11.3 Å². The van der Waals surface area contributed by atoms with Crippen LogP contribution in [0, 0.1) is 16.7 Å². The lowest BCUT2D eigenvalue weighted by Crippen LogP contribution is -2.37. The number of thiazole rings is 1. The van der Waals surface area contributed by atoms with Crippen molar-refractivity contribution in [3.05, 3.63) is 94.5 Å². The first-order chi connectivity index (χ1) is 14.6. The number of hydrogen-bond donors (Lipinski definition) is 1. The molecule has 2 atom stereocenters. The van der Waals surface area contributed by atoms with Crippen LogP contribution in [-0.4, -0.2) is 10.9 Å². The summed E-state index contributed by atoms with van der Waals surface area (Å²) in [5.41, 5.74) is 3.18. The normalized spacial score (nSPS) is 19.9. The standard InChI is InChI=1S/C25H19N3OS/c1-25(23(29)28-24-27-10-11-30-24)14-20-7-6-16(15-26)12-21(20)22(25)19-9-8-17-4-2-3-5-18(17)13-19/h2-13,22H,14H2,1H3,(H,27,28,29)/t22-,25+/m1/s1. The Balaban J connectivity index is 1.65. The van der Waals surface area contributed by atoms with E-state index in [2.05, 4.69) is 46.7 Å². The first-order valence-electron chi connectivity index (χ1n) is 9.81. The van der Waals surface area contributed by atoms with Gasteiger partial charge in [0.25, 0.3) is 0 Å². The largest absolute Gasteiger partial charge is 0.301 e. The summed E-state index contributed by atoms with van der Waals surface area (Å²) in [7, 11) is 0. The summed E-state index contributed by atoms with van der Waals surface area (Å²) in [5, 5.41) is 17.2. The predicted molar refractivity (Wildman–Crippen MR) is 120 cm³/mol. The van der Waals surface area contributed by atoms with Gasteiger partial charge >= 0.3 is 0 Å². The number of nitriles is 1. The summed E-state index contributed by atoms with van der Waals surface area (Å²) in [6.45, 7) is 2.02. The fourth-order valence-corrected chi connectivity index (χ4v) is 5.13. The van der Waals surface area contributed by atoms with Gasteiger partial charge in [-0.3, -0.25) is 4.79 Å². The van der Waals surface area contributed by atoms with E-state index in [0.717, 1.165) is 22.1 Å². The van der Waals surface area contributed by atoms with Crippen molar-refractivity contribution in [1.82, 2.24) is 4.98 Å². The van der Waals surface area contributed by atoms with E-state index in [-0.39, 0.29) is 11.8 Å². The Labute approximate surface area is 178 Å². The molecule has 1 heterocycles. The first kappa shape index (κ1) is 18.5. The molecule has 1 aliphatic rings. The Kier molecular flexibility index (Phi) is 4.38. The van der Waals surface area contributed by atoms with Crippen LogP contribution in [0.1, 0.15) is 35.1 Å². The number of nitrogens with one attached hydrogen (secondary N) is 1. The molecule has 0 spiro atoms. The summed E-state index contributed by atoms with van der Waals surface area (Å²) in [5.74, 6) is -0.198. The van der Waals surface area contributed by atoms with Crippen LogP contribution < -0.4 is 5.32 Å². The van der Waals surface area contributed by atoms with Crippen molar-refractivity contribution in [3.8, 4) is 6.07 Å². The van der Waals surface area contributed by atoms with Crippen LogP contribution in [0.3, 0.4) is 0 Å². The molecule has 0 unspecified atom stereocenters. The van der Waals surface area contributed by atoms with E-state index >= 15 is 0 Å². The van der Waals surface area contributed by atoms with Gasteiger partial charge < -0.3 is 5.32 Å². The van der Waals surface area contributed by atoms with Gasteiger partial charge in [-0.25, -0.2) is 4.98 Å². The van der Waals surface area contributed by atoms with Gasteiger partial charge in [0.2, 0.25) is 5.91 Å². The van der Waals surface area contributed by atoms with Crippen molar-refractivity contribution in [1.29, 1.82) is 5.26 Å². The van der Waals surface area contributed by atoms with Crippen molar-refractivity contribution >= 4 is 33.1 Å². The van der Waals surface area contributed by atoms with E-state index in [9.17, 15) is 10.1 Å². The number of carbonyl (C=O) groups is 1. The van der Waals surface area contributed by atoms with Gasteiger partial charge in [0, 0.05) is 17.5 Å². The molecule has 5 rings (SSSR count). The Morgan fingerprint density at radius 2 is 2.00 bits per heavy atom. The van der Waals surface area contributed by atoms with Crippen molar-refractivity contribution in [2.24, 2.45) is 5.41 Å². The molecular formula is C25H19N3OS. The maximum Gasteiger partial charge on any atom is 0.233 e. The number of anilines is 1. The second-order valence-electron chi connectivity index (χ2n) is 7.95. The molecule has 1 aliphatic carbocycles. The number of benzene rings is 3. The van der Waals surface area contributed by atoms with Gasteiger partial charge in [-0.05, 0) is 52.9 Å². The van der Waals surface area contributed by atoms with E-state index in [4.69, 9.17) is 0 Å². The number of carbonyl (C=O) groups excluding carboxylic acids is 1. The molecule has 1 aromatic heterocycles. The topological polar surface area (TPSA) is 65.8 Å². The van der Waals surface area contributed by atoms with Crippen molar-refractivity contribution in [2.75, 3.05) is 5.32 Å². The molecule has 0 radical (unpaired) electrons. The minimum absolute atomic E-state index is 0.0506. The van der Waals surface area contributed by atoms with Crippen LogP contribution in [0.2, 0.25) is 0 Å². The molecule has 0 saturated carbocycles. The lowest BCUT2D eigenvalue weighted by Gasteiger charge is -2.31. The summed E-state index contributed by atoms with van der Waals surface area (Å²) in [6, 6.07) is 22.6. The molecule has 0 aliphatic heterocycles. The fourth-order valence-electron chi connectivity index (χ4n) is 4.61. The third-order valence-electron chi connectivity index (χ3n) is 6.06. The average molecular weight is 410 g/mol. The highest BCUT2D eigenvalue weighted by Crippen LogP contribution is 2.52. The molecule has 0 fully saturated rings. The molecule has 5 heteroatoms. The maximum atomic E-state index is 13.5. The zero-order valence-corrected chi connectivity index (χ0v) is 17.2. The molecule has 4 aromatic rings. The maximum absolute atomic E-state index is 13.5. The molecule has 146 valence electrons. The van der Waals surface area contributed by atoms with E-state index in [1.54, 1.807) is 6.20 Å². The minimum atomic E-state index is -0.690. The number of nitrogens with zero attached hydrogens (tertiary/aromatic N) is 2. The Hall–Kier alpha value is -3.49. The second kappa shape index (κ2) is 7.08. The predicted octanol–water partition coefficient (Wildman–Crippen LogP) is 5.50. The third kappa shape index (κ3) is 2.97. The Bertz CT molecular complexity index is 1310. The highest BCUT2D eigenvalue weighted by molar-refractivity contribution is 7.13. The van der Waals surface area contributed by atoms with Crippen LogP contribution in [0.5, 0.6) is 0 Å². The van der Waals surface area contributed by atoms with Gasteiger partial charge in [0.1, 0.15) is 0 Å². The molecule has 1 N–H and O–H groups in total. The summed E-state index contributed by atoms with van der Waals surface area (Å²) >= 11 is 1.41. The third-order valence-corrected chi connectivity index (χ3v) is 6.75. The lowest BCUT2D eigenvalue weighted by atomic mass is 9.73. The average Bonchev–Trinajstić information content (AvgIpc) is 3.38. The second-order valence-corrected chi connectivity index (χ2v) is 8.85. The quantitative estimate of drug-likeness (QED) is 0.486. The van der Waals surface area contributed by atoms with E-state index in [1.807, 2.05) is 42.6 Å². The molecule has 0 saturated heterocycles. The van der Waals surface area contributed by atoms with E-state index in [1.165, 1.54) is 16.7 Å². The highest BCUT2D eigenvalue weighted by atomic mass is 32.1. The fraction of sp³-hybridized carbons (Fsp3) is 0.160. The molecule has 4 nitrogen and oxygen atoms in total. The number of aromatic nitrogens is 1. The number of rotatable bonds is 3. The zero-order valence-electron chi connectivity index (χ0n) is 16.4. The lowest BCUT2D eigenvalue weighted by molar-refractivity contribution is -0.125. The van der Waals surface area contributed by atoms with E-state index in [0.29, 0.717) is 17.1 Å². The van der Waals surface area contributed by atoms with Crippen LogP contribution in [-0.2, 0) is 11.2 Å². The Morgan fingerprint density at radius 3 is 2.77 bits per heavy atom. The molecular weight excluding hydrogens is 390 g/mol. The monoisotopic (exact) mass is 409 g/mol. The minimum Gasteiger partial charge on any atom is -0.301 e. The van der Waals surface area contributed by atoms with Gasteiger partial charge in [-0.2, -0.15) is 5.26 Å². The summed E-state index contributed by atoms with van der Waals surface area (Å²) in [6.07, 6.45) is 2.30. The van der Waals surface area contributed by atoms with Gasteiger partial charge in [0.05, 0.1) is 17.0 Å². The van der Waals surface area contributed by atoms with E-state index < -0.39 is 5.41 Å². The summed E-state index contributed by atoms with van der Waals surface area (Å²) in [4.78, 5) is 17.7. The van der Waals surface area contributed by atoms with Crippen LogP contribution in [0.4, 0.5) is 5.13 Å². The van der Waals surface area contributed by atoms with Gasteiger partial charge in [-0.1, -0.05) is 48.5 Å². The zero-order chi connectivity index (χ0) is 20.7. The molecule has 0 bridgehead atoms. The number of hydrogen-bond acceptors (Lipinski definition) is 4. The van der Waals surface area contributed by atoms with Crippen molar-refractivity contribution in [2.45, 2.75) is 19.3 Å². The SMILES string of the molecule is C[C@]1(C(=O)Nc2nccs2)Cc2ccc(C#N)cc2[C@H]1c1ccc2ccccc2c1. The first-order valence-corrected chi connectivity index (χ1v) is 10.7. The van der Waals surface area contributed by atoms with Crippen molar-refractivity contribution in [3.63, 3.8) is 0 Å². The van der Waals surface area contributed by atoms with Crippen LogP contribution >= 0.6 is 11.3 Å². The smallest absolute Gasteiger partial charge is 0.233 e. The van der Waals surface area contributed by atoms with Gasteiger partial charge in [0.15, 0.2) is 5.13 Å². The highest BCUT2D eigenvalue weighted by Gasteiger charge is 2.49. The molecule has 30 heavy (non-hydrogen) atoms. The number of fused-ring (bicyclic) bond motifs is 2. The number of amides is 1. The van der Waals surface area contributed by atoms with Crippen LogP contribution in [0.25, 0.3) is 10.8 Å². The Morgan fingerprint density at radius 1 is 1.17 bits per heavy atom. The molecule has 3 aromatic carbocycles. The van der Waals surface area contributed by atoms with Crippen molar-refractivity contribution < 1.29 is 4.79 Å².